The zero-order chi connectivity index (χ0) is 13.8. The molecule has 0 unspecified atom stereocenters. The third kappa shape index (κ3) is 2.62. The van der Waals surface area contributed by atoms with Crippen LogP contribution in [-0.4, -0.2) is 0 Å². The third-order valence-corrected chi connectivity index (χ3v) is 3.59. The van der Waals surface area contributed by atoms with Gasteiger partial charge in [-0.25, -0.2) is 0 Å². The molecule has 0 fully saturated rings. The summed E-state index contributed by atoms with van der Waals surface area (Å²) in [5.41, 5.74) is 4.05. The molecule has 0 radical (unpaired) electrons. The van der Waals surface area contributed by atoms with E-state index in [1.807, 2.05) is 49.4 Å². The Balaban J connectivity index is 2.65. The molecular formula is C17H15Br. The largest absolute Gasteiger partial charge is 0.0984 e. The Morgan fingerprint density at radius 3 is 2.33 bits per heavy atom. The first-order chi connectivity index (χ1) is 9.11. The fourth-order valence-electron chi connectivity index (χ4n) is 1.93. The average molecular weight is 300 g/mol. The highest BCUT2D eigenvalue weighted by molar-refractivity contribution is 9.10. The molecule has 0 aliphatic heterocycles. The van der Waals surface area contributed by atoms with E-state index in [0.29, 0.717) is 6.05 Å². The van der Waals surface area contributed by atoms with Crippen LogP contribution in [0, 0.1) is 0 Å². The van der Waals surface area contributed by atoms with E-state index in [1.165, 1.54) is 0 Å². The molecule has 0 nitrogen and oxygen atoms in total. The van der Waals surface area contributed by atoms with Crippen molar-refractivity contribution in [1.82, 2.24) is 0 Å². The predicted molar refractivity (Wildman–Crippen MR) is 83.3 cm³/mol. The topological polar surface area (TPSA) is 0 Å². The van der Waals surface area contributed by atoms with Crippen LogP contribution in [0.5, 0.6) is 0 Å². The lowest BCUT2D eigenvalue weighted by molar-refractivity contribution is 1.53. The molecule has 2 rings (SSSR count). The summed E-state index contributed by atoms with van der Waals surface area (Å²) < 4.78 is 8.96. The van der Waals surface area contributed by atoms with E-state index in [9.17, 15) is 0 Å². The van der Waals surface area contributed by atoms with E-state index < -0.39 is 0 Å². The standard InChI is InChI=1S/C17H15Br/c1-3-15(16-11-7-8-12-17(16)18)13(2)14-9-5-4-6-10-14/h3-12H,1H2,2H3/b15-13+/i3D. The van der Waals surface area contributed by atoms with Crippen molar-refractivity contribution in [3.63, 3.8) is 0 Å². The molecule has 90 valence electrons. The van der Waals surface area contributed by atoms with Gasteiger partial charge in [-0.2, -0.15) is 0 Å². The molecule has 0 aliphatic rings. The van der Waals surface area contributed by atoms with Gasteiger partial charge in [-0.3, -0.25) is 0 Å². The highest BCUT2D eigenvalue weighted by Crippen LogP contribution is 2.31. The van der Waals surface area contributed by atoms with E-state index in [4.69, 9.17) is 1.37 Å². The van der Waals surface area contributed by atoms with Crippen molar-refractivity contribution in [2.24, 2.45) is 0 Å². The van der Waals surface area contributed by atoms with Gasteiger partial charge in [-0.15, -0.1) is 0 Å². The lowest BCUT2D eigenvalue weighted by atomic mass is 9.96. The molecule has 18 heavy (non-hydrogen) atoms. The summed E-state index contributed by atoms with van der Waals surface area (Å²) in [6.07, 6.45) is 0. The van der Waals surface area contributed by atoms with Crippen LogP contribution < -0.4 is 0 Å². The van der Waals surface area contributed by atoms with Gasteiger partial charge in [0, 0.05) is 4.47 Å². The fraction of sp³-hybridized carbons (Fsp3) is 0.0588. The molecule has 0 amide bonds. The molecule has 0 spiro atoms. The van der Waals surface area contributed by atoms with E-state index in [1.54, 1.807) is 0 Å². The first kappa shape index (κ1) is 11.5. The Kier molecular flexibility index (Phi) is 3.72. The molecule has 0 bridgehead atoms. The normalized spacial score (nSPS) is 12.7. The maximum atomic E-state index is 7.98. The van der Waals surface area contributed by atoms with E-state index in [0.717, 1.165) is 26.7 Å². The molecule has 2 aromatic carbocycles. The summed E-state index contributed by atoms with van der Waals surface area (Å²) in [6, 6.07) is 18.4. The monoisotopic (exact) mass is 299 g/mol. The highest BCUT2D eigenvalue weighted by atomic mass is 79.9. The Bertz CT molecular complexity index is 627. The van der Waals surface area contributed by atoms with Gasteiger partial charge in [0.1, 0.15) is 0 Å². The fourth-order valence-corrected chi connectivity index (χ4v) is 2.41. The van der Waals surface area contributed by atoms with Crippen molar-refractivity contribution >= 4 is 27.1 Å². The van der Waals surface area contributed by atoms with Crippen LogP contribution in [0.3, 0.4) is 0 Å². The third-order valence-electron chi connectivity index (χ3n) is 2.90. The van der Waals surface area contributed by atoms with Gasteiger partial charge >= 0.3 is 0 Å². The number of hydrogen-bond donors (Lipinski definition) is 0. The number of benzene rings is 2. The number of allylic oxidation sites excluding steroid dienone is 3. The lowest BCUT2D eigenvalue weighted by Crippen LogP contribution is -1.88. The van der Waals surface area contributed by atoms with Crippen LogP contribution in [-0.2, 0) is 0 Å². The minimum Gasteiger partial charge on any atom is -0.0984 e. The second-order valence-electron chi connectivity index (χ2n) is 4.02. The molecular weight excluding hydrogens is 284 g/mol. The summed E-state index contributed by atoms with van der Waals surface area (Å²) in [5.74, 6) is 0. The molecule has 0 heterocycles. The summed E-state index contributed by atoms with van der Waals surface area (Å²) in [6.45, 7) is 5.84. The molecule has 0 N–H and O–H groups in total. The van der Waals surface area contributed by atoms with Gasteiger partial charge in [0.15, 0.2) is 0 Å². The van der Waals surface area contributed by atoms with Crippen LogP contribution in [0.1, 0.15) is 19.4 Å². The minimum absolute atomic E-state index is 0.327. The Hall–Kier alpha value is -1.60. The molecule has 0 saturated carbocycles. The van der Waals surface area contributed by atoms with E-state index >= 15 is 0 Å². The molecule has 2 aromatic rings. The van der Waals surface area contributed by atoms with Crippen molar-refractivity contribution in [3.8, 4) is 0 Å². The first-order valence-corrected chi connectivity index (χ1v) is 6.57. The Labute approximate surface area is 118 Å². The summed E-state index contributed by atoms with van der Waals surface area (Å²) >= 11 is 3.55. The van der Waals surface area contributed by atoms with Crippen molar-refractivity contribution < 1.29 is 1.37 Å². The SMILES string of the molecule is [2H]C(=C)/C(=C(/C)c1ccccc1)c1ccccc1Br. The maximum absolute atomic E-state index is 7.98. The minimum atomic E-state index is 0.327. The summed E-state index contributed by atoms with van der Waals surface area (Å²) in [5, 5.41) is 0. The second kappa shape index (κ2) is 5.83. The van der Waals surface area contributed by atoms with Gasteiger partial charge in [-0.1, -0.05) is 77.1 Å². The van der Waals surface area contributed by atoms with Crippen molar-refractivity contribution in [2.45, 2.75) is 6.92 Å². The van der Waals surface area contributed by atoms with Crippen LogP contribution in [0.25, 0.3) is 11.1 Å². The van der Waals surface area contributed by atoms with Crippen molar-refractivity contribution in [3.05, 3.63) is 82.8 Å². The number of hydrogen-bond acceptors (Lipinski definition) is 0. The van der Waals surface area contributed by atoms with Gasteiger partial charge in [-0.05, 0) is 35.3 Å². The first-order valence-electron chi connectivity index (χ1n) is 6.28. The van der Waals surface area contributed by atoms with Crippen LogP contribution >= 0.6 is 15.9 Å². The number of rotatable bonds is 3. The summed E-state index contributed by atoms with van der Waals surface area (Å²) in [4.78, 5) is 0. The lowest BCUT2D eigenvalue weighted by Gasteiger charge is -2.11. The molecule has 0 aromatic heterocycles. The van der Waals surface area contributed by atoms with Crippen LogP contribution in [0.15, 0.2) is 71.7 Å². The molecule has 1 heteroatoms. The highest BCUT2D eigenvalue weighted by Gasteiger charge is 2.07. The number of halogens is 1. The molecule has 0 atom stereocenters. The van der Waals surface area contributed by atoms with Gasteiger partial charge in [0.2, 0.25) is 0 Å². The molecule has 0 aliphatic carbocycles. The zero-order valence-electron chi connectivity index (χ0n) is 11.3. The van der Waals surface area contributed by atoms with Gasteiger partial charge in [0.05, 0.1) is 1.37 Å². The Morgan fingerprint density at radius 2 is 1.72 bits per heavy atom. The quantitative estimate of drug-likeness (QED) is 0.514. The van der Waals surface area contributed by atoms with Gasteiger partial charge < -0.3 is 0 Å². The van der Waals surface area contributed by atoms with E-state index in [2.05, 4.69) is 34.6 Å². The molecule has 0 saturated heterocycles. The van der Waals surface area contributed by atoms with Crippen molar-refractivity contribution in [2.75, 3.05) is 0 Å². The van der Waals surface area contributed by atoms with E-state index in [-0.39, 0.29) is 0 Å². The maximum Gasteiger partial charge on any atom is 0.0623 e. The van der Waals surface area contributed by atoms with Gasteiger partial charge in [0.25, 0.3) is 0 Å². The Morgan fingerprint density at radius 1 is 1.11 bits per heavy atom. The zero-order valence-corrected chi connectivity index (χ0v) is 11.9. The van der Waals surface area contributed by atoms with Crippen LogP contribution in [0.2, 0.25) is 0 Å². The smallest absolute Gasteiger partial charge is 0.0623 e. The van der Waals surface area contributed by atoms with Crippen LogP contribution in [0.4, 0.5) is 0 Å². The van der Waals surface area contributed by atoms with Crippen molar-refractivity contribution in [1.29, 1.82) is 0 Å². The second-order valence-corrected chi connectivity index (χ2v) is 4.88. The average Bonchev–Trinajstić information content (AvgIpc) is 2.42. The summed E-state index contributed by atoms with van der Waals surface area (Å²) in [7, 11) is 0. The predicted octanol–water partition coefficient (Wildman–Crippen LogP) is 5.57.